The third kappa shape index (κ3) is 3.79. The van der Waals surface area contributed by atoms with Gasteiger partial charge in [-0.05, 0) is 36.8 Å². The number of carbonyl (C=O) groups excluding carboxylic acids is 1. The predicted octanol–water partition coefficient (Wildman–Crippen LogP) is 3.95. The molecule has 0 amide bonds. The molecule has 0 aliphatic rings. The molecule has 0 atom stereocenters. The molecule has 0 spiro atoms. The van der Waals surface area contributed by atoms with Crippen molar-refractivity contribution in [3.63, 3.8) is 0 Å². The molecule has 26 heavy (non-hydrogen) atoms. The smallest absolute Gasteiger partial charge is 0.364 e. The molecule has 0 saturated heterocycles. The highest BCUT2D eigenvalue weighted by molar-refractivity contribution is 6.02. The van der Waals surface area contributed by atoms with E-state index in [9.17, 15) is 14.0 Å². The summed E-state index contributed by atoms with van der Waals surface area (Å²) in [5.74, 6) is -0.888. The van der Waals surface area contributed by atoms with Crippen LogP contribution in [0, 0.1) is 5.82 Å². The molecule has 134 valence electrons. The van der Waals surface area contributed by atoms with E-state index >= 15 is 0 Å². The summed E-state index contributed by atoms with van der Waals surface area (Å²) in [4.78, 5) is 25.2. The Morgan fingerprint density at radius 1 is 1.08 bits per heavy atom. The molecular formula is C20H19FN2O3. The zero-order chi connectivity index (χ0) is 18.5. The van der Waals surface area contributed by atoms with Gasteiger partial charge in [0.1, 0.15) is 11.6 Å². The van der Waals surface area contributed by atoms with Crippen LogP contribution >= 0.6 is 0 Å². The van der Waals surface area contributed by atoms with E-state index in [4.69, 9.17) is 4.74 Å². The summed E-state index contributed by atoms with van der Waals surface area (Å²) in [6.45, 7) is 2.51. The van der Waals surface area contributed by atoms with Crippen molar-refractivity contribution in [3.05, 3.63) is 70.4 Å². The Labute approximate surface area is 150 Å². The van der Waals surface area contributed by atoms with Crippen molar-refractivity contribution in [1.82, 2.24) is 9.78 Å². The van der Waals surface area contributed by atoms with Crippen LogP contribution in [0.25, 0.3) is 10.8 Å². The van der Waals surface area contributed by atoms with Crippen molar-refractivity contribution < 1.29 is 13.9 Å². The van der Waals surface area contributed by atoms with E-state index in [1.165, 1.54) is 28.9 Å². The lowest BCUT2D eigenvalue weighted by molar-refractivity contribution is 0.0728. The summed E-state index contributed by atoms with van der Waals surface area (Å²) in [6, 6.07) is 12.0. The normalized spacial score (nSPS) is 10.8. The second kappa shape index (κ2) is 7.91. The zero-order valence-corrected chi connectivity index (χ0v) is 14.4. The maximum absolute atomic E-state index is 13.0. The Morgan fingerprint density at radius 2 is 1.77 bits per heavy atom. The fourth-order valence-corrected chi connectivity index (χ4v) is 2.71. The van der Waals surface area contributed by atoms with E-state index in [-0.39, 0.29) is 17.0 Å². The largest absolute Gasteiger partial charge is 0.422 e. The van der Waals surface area contributed by atoms with Gasteiger partial charge in [-0.15, -0.1) is 0 Å². The number of esters is 1. The molecule has 1 heterocycles. The van der Waals surface area contributed by atoms with Gasteiger partial charge in [-0.1, -0.05) is 38.0 Å². The lowest BCUT2D eigenvalue weighted by Gasteiger charge is -2.10. The minimum Gasteiger partial charge on any atom is -0.422 e. The number of hydrogen-bond acceptors (Lipinski definition) is 4. The van der Waals surface area contributed by atoms with Crippen LogP contribution in [0.5, 0.6) is 5.75 Å². The molecule has 6 heteroatoms. The molecule has 1 aromatic heterocycles. The Morgan fingerprint density at radius 3 is 2.46 bits per heavy atom. The maximum Gasteiger partial charge on any atom is 0.364 e. The zero-order valence-electron chi connectivity index (χ0n) is 14.4. The van der Waals surface area contributed by atoms with Crippen molar-refractivity contribution in [2.24, 2.45) is 0 Å². The number of benzene rings is 2. The molecule has 0 radical (unpaired) electrons. The monoisotopic (exact) mass is 354 g/mol. The standard InChI is InChI=1S/C20H19FN2O3/c1-2-3-6-13-23-19(24)17-8-5-4-7-16(17)18(22-23)20(25)26-15-11-9-14(21)10-12-15/h4-5,7-12H,2-3,6,13H2,1H3. The first-order valence-electron chi connectivity index (χ1n) is 8.57. The molecular weight excluding hydrogens is 335 g/mol. The number of fused-ring (bicyclic) bond motifs is 1. The van der Waals surface area contributed by atoms with Crippen molar-refractivity contribution >= 4 is 16.7 Å². The SMILES string of the molecule is CCCCCn1nc(C(=O)Oc2ccc(F)cc2)c2ccccc2c1=O. The first-order valence-corrected chi connectivity index (χ1v) is 8.57. The minimum atomic E-state index is -0.683. The Balaban J connectivity index is 2.00. The van der Waals surface area contributed by atoms with Crippen LogP contribution in [-0.2, 0) is 6.54 Å². The van der Waals surface area contributed by atoms with Gasteiger partial charge in [0.25, 0.3) is 5.56 Å². The minimum absolute atomic E-state index is 0.0704. The van der Waals surface area contributed by atoms with Gasteiger partial charge < -0.3 is 4.74 Å². The van der Waals surface area contributed by atoms with Crippen LogP contribution in [-0.4, -0.2) is 15.7 Å². The summed E-state index contributed by atoms with van der Waals surface area (Å²) >= 11 is 0. The predicted molar refractivity (Wildman–Crippen MR) is 96.9 cm³/mol. The molecule has 3 rings (SSSR count). The highest BCUT2D eigenvalue weighted by Gasteiger charge is 2.18. The number of rotatable bonds is 6. The van der Waals surface area contributed by atoms with Gasteiger partial charge in [-0.25, -0.2) is 13.9 Å². The van der Waals surface area contributed by atoms with Crippen LogP contribution < -0.4 is 10.3 Å². The molecule has 0 saturated carbocycles. The molecule has 0 fully saturated rings. The van der Waals surface area contributed by atoms with Gasteiger partial charge in [0.15, 0.2) is 5.69 Å². The first kappa shape index (κ1) is 17.8. The van der Waals surface area contributed by atoms with Crippen molar-refractivity contribution in [1.29, 1.82) is 0 Å². The van der Waals surface area contributed by atoms with Crippen LogP contribution in [0.1, 0.15) is 36.7 Å². The van der Waals surface area contributed by atoms with Crippen LogP contribution in [0.15, 0.2) is 53.3 Å². The Hall–Kier alpha value is -3.02. The highest BCUT2D eigenvalue weighted by Crippen LogP contribution is 2.17. The van der Waals surface area contributed by atoms with E-state index in [0.717, 1.165) is 19.3 Å². The van der Waals surface area contributed by atoms with Gasteiger partial charge in [0.2, 0.25) is 0 Å². The third-order valence-corrected chi connectivity index (χ3v) is 4.06. The molecule has 5 nitrogen and oxygen atoms in total. The molecule has 0 unspecified atom stereocenters. The summed E-state index contributed by atoms with van der Waals surface area (Å²) in [7, 11) is 0. The number of halogens is 1. The summed E-state index contributed by atoms with van der Waals surface area (Å²) in [6.07, 6.45) is 2.78. The van der Waals surface area contributed by atoms with E-state index in [0.29, 0.717) is 17.3 Å². The second-order valence-corrected chi connectivity index (χ2v) is 5.97. The van der Waals surface area contributed by atoms with Gasteiger partial charge in [-0.3, -0.25) is 4.79 Å². The molecule has 0 bridgehead atoms. The van der Waals surface area contributed by atoms with Crippen LogP contribution in [0.2, 0.25) is 0 Å². The first-order chi connectivity index (χ1) is 12.6. The van der Waals surface area contributed by atoms with Crippen molar-refractivity contribution in [2.45, 2.75) is 32.7 Å². The quantitative estimate of drug-likeness (QED) is 0.382. The summed E-state index contributed by atoms with van der Waals surface area (Å²) in [5, 5.41) is 5.10. The van der Waals surface area contributed by atoms with E-state index in [1.54, 1.807) is 24.3 Å². The van der Waals surface area contributed by atoms with Crippen LogP contribution in [0.3, 0.4) is 0 Å². The topological polar surface area (TPSA) is 61.2 Å². The highest BCUT2D eigenvalue weighted by atomic mass is 19.1. The fraction of sp³-hybridized carbons (Fsp3) is 0.250. The van der Waals surface area contributed by atoms with Gasteiger partial charge in [0, 0.05) is 11.9 Å². The summed E-state index contributed by atoms with van der Waals surface area (Å²) in [5.41, 5.74) is -0.156. The van der Waals surface area contributed by atoms with Gasteiger partial charge >= 0.3 is 5.97 Å². The number of hydrogen-bond donors (Lipinski definition) is 0. The fourth-order valence-electron chi connectivity index (χ4n) is 2.71. The van der Waals surface area contributed by atoms with E-state index in [2.05, 4.69) is 12.0 Å². The molecule has 2 aromatic carbocycles. The summed E-state index contributed by atoms with van der Waals surface area (Å²) < 4.78 is 19.6. The number of unbranched alkanes of at least 4 members (excludes halogenated alkanes) is 2. The maximum atomic E-state index is 13.0. The van der Waals surface area contributed by atoms with Crippen molar-refractivity contribution in [3.8, 4) is 5.75 Å². The second-order valence-electron chi connectivity index (χ2n) is 5.97. The van der Waals surface area contributed by atoms with Gasteiger partial charge in [-0.2, -0.15) is 5.10 Å². The number of aryl methyl sites for hydroxylation is 1. The molecule has 0 N–H and O–H groups in total. The van der Waals surface area contributed by atoms with E-state index in [1.807, 2.05) is 0 Å². The molecule has 0 aliphatic heterocycles. The Bertz CT molecular complexity index is 981. The van der Waals surface area contributed by atoms with E-state index < -0.39 is 11.8 Å². The number of carbonyl (C=O) groups is 1. The van der Waals surface area contributed by atoms with Crippen molar-refractivity contribution in [2.75, 3.05) is 0 Å². The molecule has 3 aromatic rings. The molecule has 0 aliphatic carbocycles. The Kier molecular flexibility index (Phi) is 5.41. The number of nitrogens with zero attached hydrogens (tertiary/aromatic N) is 2. The van der Waals surface area contributed by atoms with Gasteiger partial charge in [0.05, 0.1) is 5.39 Å². The lowest BCUT2D eigenvalue weighted by atomic mass is 10.1. The number of aromatic nitrogens is 2. The van der Waals surface area contributed by atoms with Crippen LogP contribution in [0.4, 0.5) is 4.39 Å². The number of ether oxygens (including phenoxy) is 1. The average molecular weight is 354 g/mol. The lowest BCUT2D eigenvalue weighted by Crippen LogP contribution is -2.27. The average Bonchev–Trinajstić information content (AvgIpc) is 2.65. The third-order valence-electron chi connectivity index (χ3n) is 4.06.